The lowest BCUT2D eigenvalue weighted by molar-refractivity contribution is 0.278. The normalized spacial score (nSPS) is 12.8. The summed E-state index contributed by atoms with van der Waals surface area (Å²) in [6.07, 6.45) is 1.88. The van der Waals surface area contributed by atoms with Crippen LogP contribution in [0.15, 0.2) is 23.2 Å². The monoisotopic (exact) mass is 397 g/mol. The second-order valence-electron chi connectivity index (χ2n) is 8.04. The molecule has 0 bridgehead atoms. The third-order valence-corrected chi connectivity index (χ3v) is 5.28. The van der Waals surface area contributed by atoms with Gasteiger partial charge in [0.15, 0.2) is 5.96 Å². The summed E-state index contributed by atoms with van der Waals surface area (Å²) < 4.78 is 28.6. The van der Waals surface area contributed by atoms with Gasteiger partial charge in [-0.05, 0) is 48.9 Å². The number of nitrogens with zero attached hydrogens (tertiary/aromatic N) is 2. The van der Waals surface area contributed by atoms with Crippen LogP contribution in [0.2, 0.25) is 0 Å². The van der Waals surface area contributed by atoms with Gasteiger partial charge in [0.2, 0.25) is 0 Å². The molecular formula is C20H35N3O3S. The van der Waals surface area contributed by atoms with E-state index in [1.165, 1.54) is 17.4 Å². The van der Waals surface area contributed by atoms with Gasteiger partial charge in [-0.2, -0.15) is 0 Å². The Bertz CT molecular complexity index is 723. The molecule has 0 saturated heterocycles. The van der Waals surface area contributed by atoms with Crippen LogP contribution in [0.4, 0.5) is 0 Å². The lowest BCUT2D eigenvalue weighted by Gasteiger charge is -2.28. The van der Waals surface area contributed by atoms with Gasteiger partial charge in [0, 0.05) is 26.9 Å². The van der Waals surface area contributed by atoms with Crippen molar-refractivity contribution in [3.63, 3.8) is 0 Å². The Morgan fingerprint density at radius 1 is 1.22 bits per heavy atom. The third kappa shape index (κ3) is 9.65. The van der Waals surface area contributed by atoms with E-state index in [2.05, 4.69) is 44.1 Å². The number of nitrogens with one attached hydrogen (secondary N) is 1. The van der Waals surface area contributed by atoms with E-state index in [4.69, 9.17) is 4.74 Å². The molecule has 0 saturated carbocycles. The summed E-state index contributed by atoms with van der Waals surface area (Å²) in [6.45, 7) is 10.1. The van der Waals surface area contributed by atoms with E-state index < -0.39 is 9.84 Å². The molecule has 0 aliphatic heterocycles. The minimum absolute atomic E-state index is 0.143. The smallest absolute Gasteiger partial charge is 0.193 e. The molecule has 0 amide bonds. The van der Waals surface area contributed by atoms with E-state index in [0.29, 0.717) is 26.1 Å². The molecule has 0 aliphatic rings. The summed E-state index contributed by atoms with van der Waals surface area (Å²) >= 11 is 0. The number of aryl methyl sites for hydroxylation is 2. The second kappa shape index (κ2) is 9.97. The standard InChI is InChI=1S/C20H35N3O3S/c1-16-12-17(2)14-18(13-16)26-10-9-23(6)19(21-5)22-15-20(3,4)8-11-27(7,24)25/h12-14H,8-11,15H2,1-7H3,(H,21,22). The third-order valence-electron chi connectivity index (χ3n) is 4.34. The fourth-order valence-electron chi connectivity index (χ4n) is 2.68. The number of benzene rings is 1. The summed E-state index contributed by atoms with van der Waals surface area (Å²) in [6, 6.07) is 6.19. The van der Waals surface area contributed by atoms with E-state index in [1.54, 1.807) is 7.05 Å². The van der Waals surface area contributed by atoms with Crippen molar-refractivity contribution in [3.8, 4) is 5.75 Å². The lowest BCUT2D eigenvalue weighted by atomic mass is 9.90. The Morgan fingerprint density at radius 2 is 1.81 bits per heavy atom. The molecule has 7 heteroatoms. The first kappa shape index (κ1) is 23.3. The minimum Gasteiger partial charge on any atom is -0.492 e. The second-order valence-corrected chi connectivity index (χ2v) is 10.3. The van der Waals surface area contributed by atoms with Crippen molar-refractivity contribution in [2.24, 2.45) is 10.4 Å². The SMILES string of the molecule is CN=C(NCC(C)(C)CCS(C)(=O)=O)N(C)CCOc1cc(C)cc(C)c1. The van der Waals surface area contributed by atoms with Gasteiger partial charge in [-0.25, -0.2) is 8.42 Å². The molecule has 0 aliphatic carbocycles. The number of guanidine groups is 1. The summed E-state index contributed by atoms with van der Waals surface area (Å²) in [5.74, 6) is 1.84. The molecule has 0 radical (unpaired) electrons. The van der Waals surface area contributed by atoms with Crippen molar-refractivity contribution >= 4 is 15.8 Å². The number of aliphatic imine (C=N–C) groups is 1. The molecule has 6 nitrogen and oxygen atoms in total. The Morgan fingerprint density at radius 3 is 2.33 bits per heavy atom. The maximum atomic E-state index is 11.4. The van der Waals surface area contributed by atoms with Crippen molar-refractivity contribution < 1.29 is 13.2 Å². The van der Waals surface area contributed by atoms with E-state index in [1.807, 2.05) is 24.1 Å². The molecule has 1 rings (SSSR count). The van der Waals surface area contributed by atoms with Gasteiger partial charge in [-0.15, -0.1) is 0 Å². The average Bonchev–Trinajstić information content (AvgIpc) is 2.52. The molecule has 0 heterocycles. The molecule has 27 heavy (non-hydrogen) atoms. The number of hydrogen-bond acceptors (Lipinski definition) is 4. The molecule has 0 atom stereocenters. The van der Waals surface area contributed by atoms with Crippen LogP contribution in [-0.4, -0.2) is 65.1 Å². The van der Waals surface area contributed by atoms with Crippen LogP contribution in [0.5, 0.6) is 5.75 Å². The van der Waals surface area contributed by atoms with Gasteiger partial charge >= 0.3 is 0 Å². The van der Waals surface area contributed by atoms with Crippen LogP contribution in [0, 0.1) is 19.3 Å². The molecule has 0 aromatic heterocycles. The zero-order valence-corrected chi connectivity index (χ0v) is 18.6. The van der Waals surface area contributed by atoms with Crippen molar-refractivity contribution in [1.29, 1.82) is 0 Å². The maximum absolute atomic E-state index is 11.4. The highest BCUT2D eigenvalue weighted by atomic mass is 32.2. The molecule has 154 valence electrons. The van der Waals surface area contributed by atoms with Crippen LogP contribution >= 0.6 is 0 Å². The topological polar surface area (TPSA) is 71.0 Å². The molecule has 1 aromatic carbocycles. The summed E-state index contributed by atoms with van der Waals surface area (Å²) in [7, 11) is 0.758. The highest BCUT2D eigenvalue weighted by Crippen LogP contribution is 2.20. The Hall–Kier alpha value is -1.76. The van der Waals surface area contributed by atoms with E-state index >= 15 is 0 Å². The number of likely N-dealkylation sites (N-methyl/N-ethyl adjacent to an activating group) is 1. The van der Waals surface area contributed by atoms with E-state index in [0.717, 1.165) is 11.7 Å². The molecule has 0 unspecified atom stereocenters. The summed E-state index contributed by atoms with van der Waals surface area (Å²) in [5, 5.41) is 3.34. The molecule has 1 aromatic rings. The molecule has 1 N–H and O–H groups in total. The van der Waals surface area contributed by atoms with Crippen LogP contribution in [0.1, 0.15) is 31.4 Å². The Kier molecular flexibility index (Phi) is 8.59. The first-order chi connectivity index (χ1) is 12.4. The van der Waals surface area contributed by atoms with Gasteiger partial charge in [0.1, 0.15) is 22.2 Å². The molecule has 0 spiro atoms. The highest BCUT2D eigenvalue weighted by Gasteiger charge is 2.21. The Balaban J connectivity index is 2.48. The average molecular weight is 398 g/mol. The predicted molar refractivity (Wildman–Crippen MR) is 114 cm³/mol. The number of hydrogen-bond donors (Lipinski definition) is 1. The predicted octanol–water partition coefficient (Wildman–Crippen LogP) is 2.65. The highest BCUT2D eigenvalue weighted by molar-refractivity contribution is 7.90. The van der Waals surface area contributed by atoms with Crippen molar-refractivity contribution in [2.45, 2.75) is 34.1 Å². The first-order valence-corrected chi connectivity index (χ1v) is 11.3. The lowest BCUT2D eigenvalue weighted by Crippen LogP contribution is -2.44. The van der Waals surface area contributed by atoms with Crippen LogP contribution in [0.3, 0.4) is 0 Å². The van der Waals surface area contributed by atoms with Gasteiger partial charge in [-0.3, -0.25) is 4.99 Å². The first-order valence-electron chi connectivity index (χ1n) is 9.22. The quantitative estimate of drug-likeness (QED) is 0.512. The minimum atomic E-state index is -2.95. The summed E-state index contributed by atoms with van der Waals surface area (Å²) in [5.41, 5.74) is 2.23. The number of rotatable bonds is 9. The van der Waals surface area contributed by atoms with Gasteiger partial charge in [0.05, 0.1) is 12.3 Å². The fourth-order valence-corrected chi connectivity index (χ4v) is 3.60. The van der Waals surface area contributed by atoms with Crippen molar-refractivity contribution in [1.82, 2.24) is 10.2 Å². The largest absolute Gasteiger partial charge is 0.492 e. The fraction of sp³-hybridized carbons (Fsp3) is 0.650. The van der Waals surface area contributed by atoms with E-state index in [9.17, 15) is 8.42 Å². The zero-order chi connectivity index (χ0) is 20.7. The van der Waals surface area contributed by atoms with Gasteiger partial charge < -0.3 is 15.0 Å². The van der Waals surface area contributed by atoms with Crippen LogP contribution < -0.4 is 10.1 Å². The number of sulfone groups is 1. The molecule has 0 fully saturated rings. The molecular weight excluding hydrogens is 362 g/mol. The van der Waals surface area contributed by atoms with Gasteiger partial charge in [-0.1, -0.05) is 19.9 Å². The maximum Gasteiger partial charge on any atom is 0.193 e. The summed E-state index contributed by atoms with van der Waals surface area (Å²) in [4.78, 5) is 6.32. The van der Waals surface area contributed by atoms with Crippen molar-refractivity contribution in [2.75, 3.05) is 45.8 Å². The zero-order valence-electron chi connectivity index (χ0n) is 17.8. The van der Waals surface area contributed by atoms with Crippen LogP contribution in [0.25, 0.3) is 0 Å². The van der Waals surface area contributed by atoms with E-state index in [-0.39, 0.29) is 11.2 Å². The van der Waals surface area contributed by atoms with Gasteiger partial charge in [0.25, 0.3) is 0 Å². The van der Waals surface area contributed by atoms with Crippen LogP contribution in [-0.2, 0) is 9.84 Å². The van der Waals surface area contributed by atoms with Crippen molar-refractivity contribution in [3.05, 3.63) is 29.3 Å². The number of ether oxygens (including phenoxy) is 1. The Labute approximate surface area is 164 Å².